The number of carbonyl (C=O) groups excluding carboxylic acids is 2. The van der Waals surface area contributed by atoms with E-state index >= 15 is 0 Å². The van der Waals surface area contributed by atoms with Crippen molar-refractivity contribution in [2.75, 3.05) is 47.7 Å². The first-order valence-electron chi connectivity index (χ1n) is 9.19. The van der Waals surface area contributed by atoms with Crippen molar-refractivity contribution in [3.05, 3.63) is 36.2 Å². The standard InChI is InChI=1S/C19H19N5O3S3/c1-27-18(26)12-2-4-13(5-3-12)22-14(25)10-29-17-15-16(20-11-21-17)23-19(30-15)24-6-8-28-9-7-24/h2-5,11H,6-10H2,1H3,(H,22,25). The highest BCUT2D eigenvalue weighted by molar-refractivity contribution is 8.00. The average Bonchev–Trinajstić information content (AvgIpc) is 3.23. The molecule has 3 aromatic rings. The van der Waals surface area contributed by atoms with Crippen LogP contribution in [0.5, 0.6) is 0 Å². The second-order valence-corrected chi connectivity index (χ2v) is 9.50. The first-order valence-corrected chi connectivity index (χ1v) is 12.1. The molecule has 1 aliphatic heterocycles. The van der Waals surface area contributed by atoms with Crippen LogP contribution in [0.15, 0.2) is 35.6 Å². The molecule has 8 nitrogen and oxygen atoms in total. The van der Waals surface area contributed by atoms with Crippen molar-refractivity contribution in [2.45, 2.75) is 5.03 Å². The van der Waals surface area contributed by atoms with Gasteiger partial charge in [0.15, 0.2) is 10.8 Å². The minimum absolute atomic E-state index is 0.157. The number of rotatable bonds is 6. The van der Waals surface area contributed by atoms with E-state index in [0.29, 0.717) is 16.9 Å². The van der Waals surface area contributed by atoms with Crippen LogP contribution in [0.25, 0.3) is 10.3 Å². The van der Waals surface area contributed by atoms with Gasteiger partial charge in [0.05, 0.1) is 18.4 Å². The predicted octanol–water partition coefficient (Wildman–Crippen LogP) is 3.16. The number of fused-ring (bicyclic) bond motifs is 1. The largest absolute Gasteiger partial charge is 0.465 e. The minimum atomic E-state index is -0.413. The minimum Gasteiger partial charge on any atom is -0.465 e. The number of nitrogens with zero attached hydrogens (tertiary/aromatic N) is 4. The van der Waals surface area contributed by atoms with Crippen LogP contribution in [0.4, 0.5) is 10.8 Å². The SMILES string of the molecule is COC(=O)c1ccc(NC(=O)CSc2ncnc3nc(N4CCSCC4)sc23)cc1. The summed E-state index contributed by atoms with van der Waals surface area (Å²) in [5, 5.41) is 4.54. The monoisotopic (exact) mass is 461 g/mol. The summed E-state index contributed by atoms with van der Waals surface area (Å²) in [6, 6.07) is 6.56. The number of esters is 1. The molecule has 0 unspecified atom stereocenters. The number of benzene rings is 1. The summed E-state index contributed by atoms with van der Waals surface area (Å²) < 4.78 is 5.58. The van der Waals surface area contributed by atoms with Crippen LogP contribution in [0.1, 0.15) is 10.4 Å². The van der Waals surface area contributed by atoms with Crippen molar-refractivity contribution in [1.29, 1.82) is 0 Å². The van der Waals surface area contributed by atoms with Gasteiger partial charge in [-0.15, -0.1) is 0 Å². The molecule has 0 bridgehead atoms. The van der Waals surface area contributed by atoms with E-state index in [-0.39, 0.29) is 11.7 Å². The average molecular weight is 462 g/mol. The molecule has 0 radical (unpaired) electrons. The van der Waals surface area contributed by atoms with Crippen molar-refractivity contribution in [3.8, 4) is 0 Å². The number of aromatic nitrogens is 3. The number of hydrogen-bond donors (Lipinski definition) is 1. The van der Waals surface area contributed by atoms with Gasteiger partial charge in [-0.2, -0.15) is 16.7 Å². The molecule has 30 heavy (non-hydrogen) atoms. The van der Waals surface area contributed by atoms with Gasteiger partial charge in [0.2, 0.25) is 5.91 Å². The molecule has 1 fully saturated rings. The summed E-state index contributed by atoms with van der Waals surface area (Å²) in [5.41, 5.74) is 1.72. The number of ether oxygens (including phenoxy) is 1. The number of thioether (sulfide) groups is 2. The van der Waals surface area contributed by atoms with Crippen LogP contribution < -0.4 is 10.2 Å². The zero-order chi connectivity index (χ0) is 20.9. The van der Waals surface area contributed by atoms with E-state index in [1.165, 1.54) is 25.2 Å². The summed E-state index contributed by atoms with van der Waals surface area (Å²) >= 11 is 4.89. The van der Waals surface area contributed by atoms with E-state index in [2.05, 4.69) is 29.9 Å². The maximum absolute atomic E-state index is 12.4. The Morgan fingerprint density at radius 3 is 2.70 bits per heavy atom. The lowest BCUT2D eigenvalue weighted by molar-refractivity contribution is -0.113. The lowest BCUT2D eigenvalue weighted by Gasteiger charge is -2.25. The third-order valence-corrected chi connectivity index (χ3v) is 7.53. The highest BCUT2D eigenvalue weighted by atomic mass is 32.2. The van der Waals surface area contributed by atoms with E-state index < -0.39 is 5.97 Å². The Morgan fingerprint density at radius 1 is 1.20 bits per heavy atom. The molecule has 3 heterocycles. The fraction of sp³-hybridized carbons (Fsp3) is 0.316. The number of thiazole rings is 1. The highest BCUT2D eigenvalue weighted by Crippen LogP contribution is 2.34. The smallest absolute Gasteiger partial charge is 0.337 e. The topological polar surface area (TPSA) is 97.3 Å². The van der Waals surface area contributed by atoms with Gasteiger partial charge in [0.1, 0.15) is 16.1 Å². The zero-order valence-electron chi connectivity index (χ0n) is 16.2. The quantitative estimate of drug-likeness (QED) is 0.337. The van der Waals surface area contributed by atoms with Gasteiger partial charge in [-0.3, -0.25) is 4.79 Å². The van der Waals surface area contributed by atoms with Gasteiger partial charge < -0.3 is 15.0 Å². The second-order valence-electron chi connectivity index (χ2n) is 6.33. The number of carbonyl (C=O) groups is 2. The van der Waals surface area contributed by atoms with Crippen LogP contribution in [0, 0.1) is 0 Å². The molecule has 1 saturated heterocycles. The fourth-order valence-corrected chi connectivity index (χ4v) is 5.70. The Balaban J connectivity index is 1.39. The zero-order valence-corrected chi connectivity index (χ0v) is 18.6. The Hall–Kier alpha value is -2.37. The van der Waals surface area contributed by atoms with E-state index in [4.69, 9.17) is 0 Å². The molecule has 1 amide bonds. The molecule has 2 aromatic heterocycles. The van der Waals surface area contributed by atoms with Gasteiger partial charge in [-0.05, 0) is 24.3 Å². The molecule has 0 saturated carbocycles. The molecule has 11 heteroatoms. The van der Waals surface area contributed by atoms with Crippen molar-refractivity contribution < 1.29 is 14.3 Å². The third-order valence-electron chi connectivity index (χ3n) is 4.36. The maximum Gasteiger partial charge on any atom is 0.337 e. The van der Waals surface area contributed by atoms with E-state index in [1.807, 2.05) is 11.8 Å². The van der Waals surface area contributed by atoms with E-state index in [0.717, 1.165) is 39.5 Å². The Morgan fingerprint density at radius 2 is 1.97 bits per heavy atom. The molecule has 1 aliphatic rings. The van der Waals surface area contributed by atoms with Crippen LogP contribution in [-0.2, 0) is 9.53 Å². The number of anilines is 2. The second kappa shape index (κ2) is 9.63. The molecule has 0 atom stereocenters. The summed E-state index contributed by atoms with van der Waals surface area (Å²) in [6.07, 6.45) is 1.49. The summed E-state index contributed by atoms with van der Waals surface area (Å²) in [6.45, 7) is 1.97. The van der Waals surface area contributed by atoms with Crippen molar-refractivity contribution >= 4 is 67.9 Å². The highest BCUT2D eigenvalue weighted by Gasteiger charge is 2.18. The van der Waals surface area contributed by atoms with Crippen LogP contribution in [-0.4, -0.2) is 64.3 Å². The molecule has 0 spiro atoms. The predicted molar refractivity (Wildman–Crippen MR) is 122 cm³/mol. The Labute approximate surface area is 185 Å². The molecule has 1 aromatic carbocycles. The normalized spacial score (nSPS) is 14.0. The molecular formula is C19H19N5O3S3. The lowest BCUT2D eigenvalue weighted by atomic mass is 10.2. The van der Waals surface area contributed by atoms with E-state index in [1.54, 1.807) is 35.6 Å². The molecule has 0 aliphatic carbocycles. The number of hydrogen-bond acceptors (Lipinski definition) is 10. The Kier molecular flexibility index (Phi) is 6.70. The van der Waals surface area contributed by atoms with Gasteiger partial charge in [-0.25, -0.2) is 14.8 Å². The van der Waals surface area contributed by atoms with Crippen LogP contribution >= 0.6 is 34.9 Å². The number of amides is 1. The lowest BCUT2D eigenvalue weighted by Crippen LogP contribution is -2.32. The Bertz CT molecular complexity index is 1050. The molecular weight excluding hydrogens is 442 g/mol. The molecule has 156 valence electrons. The first kappa shape index (κ1) is 20.9. The van der Waals surface area contributed by atoms with Crippen LogP contribution in [0.2, 0.25) is 0 Å². The fourth-order valence-electron chi connectivity index (χ4n) is 2.85. The van der Waals surface area contributed by atoms with Gasteiger partial charge in [0, 0.05) is 30.3 Å². The van der Waals surface area contributed by atoms with Crippen molar-refractivity contribution in [1.82, 2.24) is 15.0 Å². The number of nitrogens with one attached hydrogen (secondary N) is 1. The summed E-state index contributed by atoms with van der Waals surface area (Å²) in [7, 11) is 1.33. The maximum atomic E-state index is 12.4. The van der Waals surface area contributed by atoms with Gasteiger partial charge >= 0.3 is 5.97 Å². The van der Waals surface area contributed by atoms with Crippen molar-refractivity contribution in [3.63, 3.8) is 0 Å². The van der Waals surface area contributed by atoms with Crippen molar-refractivity contribution in [2.24, 2.45) is 0 Å². The van der Waals surface area contributed by atoms with E-state index in [9.17, 15) is 9.59 Å². The number of methoxy groups -OCH3 is 1. The summed E-state index contributed by atoms with van der Waals surface area (Å²) in [4.78, 5) is 39.4. The molecule has 1 N–H and O–H groups in total. The summed E-state index contributed by atoms with van der Waals surface area (Å²) in [5.74, 6) is 1.84. The molecule has 4 rings (SSSR count). The van der Waals surface area contributed by atoms with Gasteiger partial charge in [-0.1, -0.05) is 23.1 Å². The third kappa shape index (κ3) is 4.85. The van der Waals surface area contributed by atoms with Gasteiger partial charge in [0.25, 0.3) is 0 Å². The van der Waals surface area contributed by atoms with Crippen LogP contribution in [0.3, 0.4) is 0 Å². The first-order chi connectivity index (χ1) is 14.6.